The number of ether oxygens (including phenoxy) is 2. The summed E-state index contributed by atoms with van der Waals surface area (Å²) in [6.45, 7) is 3.63. The van der Waals surface area contributed by atoms with Gasteiger partial charge in [0.2, 0.25) is 17.7 Å². The van der Waals surface area contributed by atoms with Crippen molar-refractivity contribution >= 4 is 52.1 Å². The van der Waals surface area contributed by atoms with Crippen molar-refractivity contribution in [3.63, 3.8) is 0 Å². The van der Waals surface area contributed by atoms with Crippen molar-refractivity contribution < 1.29 is 37.4 Å². The Hall–Kier alpha value is -6.06. The molecule has 1 aromatic heterocycles. The average molecular weight is 866 g/mol. The first kappa shape index (κ1) is 41.3. The van der Waals surface area contributed by atoms with E-state index < -0.39 is 35.1 Å². The van der Waals surface area contributed by atoms with Gasteiger partial charge in [0.05, 0.1) is 23.2 Å². The summed E-state index contributed by atoms with van der Waals surface area (Å²) in [5.74, 6) is -2.83. The Bertz CT molecular complexity index is 2650. The molecule has 2 atom stereocenters. The Morgan fingerprint density at radius 3 is 2.47 bits per heavy atom. The van der Waals surface area contributed by atoms with Gasteiger partial charge in [-0.05, 0) is 55.0 Å². The van der Waals surface area contributed by atoms with Crippen LogP contribution in [-0.4, -0.2) is 77.8 Å². The highest BCUT2D eigenvalue weighted by Gasteiger charge is 2.50. The number of amides is 5. The normalized spacial score (nSPS) is 22.6. The number of carbonyl (C=O) groups excluding carboxylic acids is 4. The summed E-state index contributed by atoms with van der Waals surface area (Å²) in [5, 5.41) is 11.2. The van der Waals surface area contributed by atoms with E-state index in [0.717, 1.165) is 34.9 Å². The van der Waals surface area contributed by atoms with Crippen molar-refractivity contribution in [3.05, 3.63) is 106 Å². The molecule has 4 N–H and O–H groups in total. The molecule has 0 unspecified atom stereocenters. The lowest BCUT2D eigenvalue weighted by Gasteiger charge is -2.43. The summed E-state index contributed by atoms with van der Waals surface area (Å²) < 4.78 is 45.7. The number of nitrogens with zero attached hydrogens (tertiary/aromatic N) is 4. The van der Waals surface area contributed by atoms with E-state index in [1.165, 1.54) is 30.2 Å². The molecule has 16 heteroatoms. The van der Waals surface area contributed by atoms with Crippen LogP contribution in [0.25, 0.3) is 22.0 Å². The second-order valence-corrected chi connectivity index (χ2v) is 17.1. The van der Waals surface area contributed by atoms with E-state index in [0.29, 0.717) is 43.9 Å². The molecule has 62 heavy (non-hydrogen) atoms. The Labute approximate surface area is 361 Å². The van der Waals surface area contributed by atoms with E-state index in [2.05, 4.69) is 15.7 Å². The van der Waals surface area contributed by atoms with Crippen LogP contribution in [0.3, 0.4) is 0 Å². The van der Waals surface area contributed by atoms with Gasteiger partial charge < -0.3 is 25.4 Å². The van der Waals surface area contributed by atoms with Crippen LogP contribution in [0.2, 0.25) is 5.02 Å². The van der Waals surface area contributed by atoms with Crippen molar-refractivity contribution in [2.45, 2.75) is 62.5 Å². The third-order valence-electron chi connectivity index (χ3n) is 13.3. The molecule has 0 spiro atoms. The fourth-order valence-corrected chi connectivity index (χ4v) is 10.2. The zero-order valence-corrected chi connectivity index (χ0v) is 35.2. The summed E-state index contributed by atoms with van der Waals surface area (Å²) in [6.07, 6.45) is 3.09. The van der Waals surface area contributed by atoms with Gasteiger partial charge in [-0.1, -0.05) is 61.0 Å². The number of nitrogens with two attached hydrogens (primary N) is 1. The Kier molecular flexibility index (Phi) is 10.7. The average Bonchev–Trinajstić information content (AvgIpc) is 3.73. The maximum absolute atomic E-state index is 16.2. The smallest absolute Gasteiger partial charge is 0.329 e. The van der Waals surface area contributed by atoms with E-state index in [9.17, 15) is 19.2 Å². The molecule has 13 nitrogen and oxygen atoms in total. The van der Waals surface area contributed by atoms with Crippen LogP contribution in [0, 0.1) is 17.6 Å². The fraction of sp³-hybridized carbons (Fsp3) is 0.370. The maximum atomic E-state index is 16.2. The van der Waals surface area contributed by atoms with Crippen molar-refractivity contribution in [2.75, 3.05) is 38.2 Å². The second-order valence-electron chi connectivity index (χ2n) is 16.7. The molecular formula is C46H46ClF2N7O6. The number of benzene rings is 4. The van der Waals surface area contributed by atoms with Gasteiger partial charge in [-0.25, -0.2) is 13.6 Å². The van der Waals surface area contributed by atoms with Crippen LogP contribution in [0.4, 0.5) is 19.4 Å². The maximum Gasteiger partial charge on any atom is 0.329 e. The van der Waals surface area contributed by atoms with Crippen molar-refractivity contribution in [1.29, 1.82) is 0 Å². The third kappa shape index (κ3) is 6.81. The quantitative estimate of drug-likeness (QED) is 0.137. The van der Waals surface area contributed by atoms with Gasteiger partial charge >= 0.3 is 6.03 Å². The summed E-state index contributed by atoms with van der Waals surface area (Å²) >= 11 is 6.68. The number of para-hydroxylation sites is 1. The number of aryl methyl sites for hydroxylation is 1. The van der Waals surface area contributed by atoms with E-state index in [1.54, 1.807) is 4.68 Å². The molecule has 322 valence electrons. The Balaban J connectivity index is 0.893. The number of halogens is 3. The van der Waals surface area contributed by atoms with Crippen LogP contribution < -0.4 is 30.7 Å². The monoisotopic (exact) mass is 865 g/mol. The fourth-order valence-electron chi connectivity index (χ4n) is 9.98. The van der Waals surface area contributed by atoms with Gasteiger partial charge in [0, 0.05) is 91.6 Å². The summed E-state index contributed by atoms with van der Waals surface area (Å²) in [7, 11) is 3.13. The predicted molar refractivity (Wildman–Crippen MR) is 228 cm³/mol. The highest BCUT2D eigenvalue weighted by atomic mass is 35.5. The number of imide groups is 1. The topological polar surface area (TPSA) is 161 Å². The number of primary amides is 1. The lowest BCUT2D eigenvalue weighted by molar-refractivity contribution is -0.141. The molecule has 4 aromatic carbocycles. The van der Waals surface area contributed by atoms with Crippen LogP contribution in [-0.2, 0) is 22.2 Å². The van der Waals surface area contributed by atoms with E-state index in [-0.39, 0.29) is 75.9 Å². The number of aromatic nitrogens is 2. The van der Waals surface area contributed by atoms with Gasteiger partial charge in [-0.15, -0.1) is 0 Å². The first-order valence-corrected chi connectivity index (χ1v) is 21.2. The number of urea groups is 1. The first-order valence-electron chi connectivity index (χ1n) is 20.8. The van der Waals surface area contributed by atoms with Crippen LogP contribution >= 0.6 is 11.6 Å². The number of hydrogen-bond acceptors (Lipinski definition) is 8. The van der Waals surface area contributed by atoms with Crippen LogP contribution in [0.15, 0.2) is 66.7 Å². The number of anilines is 1. The number of fused-ring (bicyclic) bond motifs is 2. The van der Waals surface area contributed by atoms with Crippen LogP contribution in [0.5, 0.6) is 11.5 Å². The SMILES string of the molecule is COc1ccc(C(N)=O)c(-c2c(Cl)c(F)cc3c2[C@H](C)[C@@](CNC2CCC(C(=O)N4CC(c5cccc6c(N7CCC(=O)NC7=O)nn(C)c56)C4)CC2)(c2ccccc2)O3)c1F. The number of nitrogens with one attached hydrogen (secondary N) is 2. The predicted octanol–water partition coefficient (Wildman–Crippen LogP) is 6.89. The second kappa shape index (κ2) is 16.0. The summed E-state index contributed by atoms with van der Waals surface area (Å²) in [6, 6.07) is 18.9. The third-order valence-corrected chi connectivity index (χ3v) is 13.7. The van der Waals surface area contributed by atoms with E-state index in [1.807, 2.05) is 67.4 Å². The van der Waals surface area contributed by atoms with Gasteiger partial charge in [-0.3, -0.25) is 29.3 Å². The molecule has 0 radical (unpaired) electrons. The van der Waals surface area contributed by atoms with Gasteiger partial charge in [0.1, 0.15) is 11.6 Å². The molecule has 5 amide bonds. The molecule has 5 aromatic rings. The van der Waals surface area contributed by atoms with Crippen LogP contribution in [0.1, 0.15) is 77.9 Å². The zero-order chi connectivity index (χ0) is 43.6. The number of likely N-dealkylation sites (tertiary alicyclic amines) is 1. The molecule has 4 heterocycles. The van der Waals surface area contributed by atoms with Gasteiger partial charge in [-0.2, -0.15) is 5.10 Å². The molecule has 3 fully saturated rings. The largest absolute Gasteiger partial charge is 0.494 e. The molecule has 2 saturated heterocycles. The van der Waals surface area contributed by atoms with E-state index >= 15 is 8.78 Å². The highest BCUT2D eigenvalue weighted by Crippen LogP contribution is 2.56. The van der Waals surface area contributed by atoms with Crippen molar-refractivity contribution in [2.24, 2.45) is 18.7 Å². The molecule has 3 aliphatic heterocycles. The molecule has 1 saturated carbocycles. The van der Waals surface area contributed by atoms with Gasteiger partial charge in [0.25, 0.3) is 0 Å². The first-order chi connectivity index (χ1) is 29.8. The molecule has 0 bridgehead atoms. The van der Waals surface area contributed by atoms with Gasteiger partial charge in [0.15, 0.2) is 23.0 Å². The minimum Gasteiger partial charge on any atom is -0.494 e. The summed E-state index contributed by atoms with van der Waals surface area (Å²) in [5.41, 5.74) is 7.39. The van der Waals surface area contributed by atoms with Crippen molar-refractivity contribution in [3.8, 4) is 22.6 Å². The summed E-state index contributed by atoms with van der Waals surface area (Å²) in [4.78, 5) is 54.3. The zero-order valence-electron chi connectivity index (χ0n) is 34.5. The number of rotatable bonds is 10. The molecule has 1 aliphatic carbocycles. The van der Waals surface area contributed by atoms with Crippen molar-refractivity contribution in [1.82, 2.24) is 25.3 Å². The van der Waals surface area contributed by atoms with E-state index in [4.69, 9.17) is 26.8 Å². The molecule has 9 rings (SSSR count). The Morgan fingerprint density at radius 1 is 1.03 bits per heavy atom. The lowest BCUT2D eigenvalue weighted by Crippen LogP contribution is -2.52. The molecule has 4 aliphatic rings. The lowest BCUT2D eigenvalue weighted by atomic mass is 9.77. The molecular weight excluding hydrogens is 820 g/mol. The standard InChI is InChI=1S/C46H46ClF2N7O6/c1-24-36-34(20-32(48)39(47)38(36)37-30(42(50)58)16-17-33(61-3)40(37)49)62-46(24,27-8-5-4-6-9-27)23-51-28-14-12-25(13-15-28)44(59)55-21-26(22-55)29-10-7-11-31-41(29)54(2)53-43(31)56-19-18-35(57)52-45(56)60/h4-11,16-17,20,24-26,28,51H,12-15,18-19,21-23H2,1-3H3,(H2,50,58)(H,52,57,60)/t24-,25?,28?,46-/m0/s1. The minimum absolute atomic E-state index is 0.0172. The minimum atomic E-state index is -1.09. The highest BCUT2D eigenvalue weighted by molar-refractivity contribution is 6.34. The number of carbonyl (C=O) groups is 4. The number of methoxy groups -OCH3 is 1. The Morgan fingerprint density at radius 2 is 1.77 bits per heavy atom. The number of hydrogen-bond donors (Lipinski definition) is 3.